The van der Waals surface area contributed by atoms with Crippen molar-refractivity contribution < 1.29 is 17.9 Å². The number of rotatable bonds is 4. The molecule has 0 aliphatic heterocycles. The molecule has 0 N–H and O–H groups in total. The summed E-state index contributed by atoms with van der Waals surface area (Å²) in [6.45, 7) is 2.06. The van der Waals surface area contributed by atoms with Gasteiger partial charge in [-0.25, -0.2) is 4.98 Å². The number of halogens is 3. The lowest BCUT2D eigenvalue weighted by Gasteiger charge is -2.06. The third-order valence-corrected chi connectivity index (χ3v) is 4.90. The molecule has 0 spiro atoms. The summed E-state index contributed by atoms with van der Waals surface area (Å²) < 4.78 is 43.7. The minimum Gasteiger partial charge on any atom is -0.487 e. The summed E-state index contributed by atoms with van der Waals surface area (Å²) in [5.74, 6) is 0.485. The Morgan fingerprint density at radius 3 is 2.46 bits per heavy atom. The van der Waals surface area contributed by atoms with Crippen LogP contribution in [0.3, 0.4) is 0 Å². The molecule has 0 aliphatic carbocycles. The van der Waals surface area contributed by atoms with Crippen LogP contribution in [-0.4, -0.2) is 4.98 Å². The van der Waals surface area contributed by atoms with Gasteiger partial charge in [0.15, 0.2) is 0 Å². The predicted octanol–water partition coefficient (Wildman–Crippen LogP) is 5.59. The summed E-state index contributed by atoms with van der Waals surface area (Å²) in [7, 11) is 0. The summed E-state index contributed by atoms with van der Waals surface area (Å²) >= 11 is 1.36. The van der Waals surface area contributed by atoms with E-state index in [9.17, 15) is 13.2 Å². The molecule has 0 saturated carbocycles. The van der Waals surface area contributed by atoms with Gasteiger partial charge in [0.2, 0.25) is 0 Å². The molecule has 3 nitrogen and oxygen atoms in total. The second-order valence-electron chi connectivity index (χ2n) is 5.50. The summed E-state index contributed by atoms with van der Waals surface area (Å²) in [5, 5.41) is 9.71. The molecule has 2 aromatic carbocycles. The Morgan fingerprint density at radius 2 is 1.81 bits per heavy atom. The van der Waals surface area contributed by atoms with Crippen molar-refractivity contribution in [1.82, 2.24) is 4.98 Å². The van der Waals surface area contributed by atoms with E-state index in [0.717, 1.165) is 22.7 Å². The fourth-order valence-electron chi connectivity index (χ4n) is 2.32. The lowest BCUT2D eigenvalue weighted by Crippen LogP contribution is -2.03. The van der Waals surface area contributed by atoms with Crippen LogP contribution >= 0.6 is 11.3 Å². The van der Waals surface area contributed by atoms with Crippen molar-refractivity contribution in [2.45, 2.75) is 19.7 Å². The highest BCUT2D eigenvalue weighted by molar-refractivity contribution is 7.15. The highest BCUT2D eigenvalue weighted by atomic mass is 32.1. The molecular formula is C19H13F3N2OS. The highest BCUT2D eigenvalue weighted by Gasteiger charge is 2.30. The number of benzene rings is 2. The molecular weight excluding hydrogens is 361 g/mol. The average molecular weight is 374 g/mol. The third kappa shape index (κ3) is 3.86. The van der Waals surface area contributed by atoms with Gasteiger partial charge in [0.1, 0.15) is 23.4 Å². The zero-order chi connectivity index (χ0) is 18.7. The SMILES string of the molecule is Cc1nc(-c2ccc(C(F)(F)F)cc2)sc1COc1ccccc1C#N. The second-order valence-corrected chi connectivity index (χ2v) is 6.58. The average Bonchev–Trinajstić information content (AvgIpc) is 3.00. The first-order valence-corrected chi connectivity index (χ1v) is 8.46. The minimum absolute atomic E-state index is 0.239. The molecule has 0 unspecified atom stereocenters. The molecule has 7 heteroatoms. The number of nitrogens with zero attached hydrogens (tertiary/aromatic N) is 2. The number of nitriles is 1. The van der Waals surface area contributed by atoms with Crippen LogP contribution in [0.15, 0.2) is 48.5 Å². The zero-order valence-electron chi connectivity index (χ0n) is 13.7. The van der Waals surface area contributed by atoms with E-state index in [4.69, 9.17) is 10.00 Å². The maximum Gasteiger partial charge on any atom is 0.416 e. The molecule has 0 amide bonds. The Hall–Kier alpha value is -2.85. The lowest BCUT2D eigenvalue weighted by molar-refractivity contribution is -0.137. The zero-order valence-corrected chi connectivity index (χ0v) is 14.5. The Labute approximate surface area is 152 Å². The van der Waals surface area contributed by atoms with Crippen molar-refractivity contribution in [1.29, 1.82) is 5.26 Å². The van der Waals surface area contributed by atoms with Crippen LogP contribution in [0.4, 0.5) is 13.2 Å². The summed E-state index contributed by atoms with van der Waals surface area (Å²) in [4.78, 5) is 5.27. The molecule has 3 aromatic rings. The molecule has 0 aliphatic rings. The van der Waals surface area contributed by atoms with Gasteiger partial charge < -0.3 is 4.74 Å². The first kappa shape index (κ1) is 18.0. The maximum atomic E-state index is 12.7. The molecule has 0 fully saturated rings. The number of hydrogen-bond donors (Lipinski definition) is 0. The molecule has 0 atom stereocenters. The van der Waals surface area contributed by atoms with Crippen LogP contribution in [0.5, 0.6) is 5.75 Å². The van der Waals surface area contributed by atoms with E-state index in [2.05, 4.69) is 11.1 Å². The molecule has 1 aromatic heterocycles. The van der Waals surface area contributed by atoms with Gasteiger partial charge in [-0.2, -0.15) is 18.4 Å². The summed E-state index contributed by atoms with van der Waals surface area (Å²) in [5.41, 5.74) is 1.12. The van der Waals surface area contributed by atoms with Crippen LogP contribution in [-0.2, 0) is 12.8 Å². The lowest BCUT2D eigenvalue weighted by atomic mass is 10.1. The van der Waals surface area contributed by atoms with Crippen molar-refractivity contribution in [3.63, 3.8) is 0 Å². The van der Waals surface area contributed by atoms with Gasteiger partial charge in [0, 0.05) is 5.56 Å². The van der Waals surface area contributed by atoms with Crippen molar-refractivity contribution in [2.24, 2.45) is 0 Å². The van der Waals surface area contributed by atoms with Crippen molar-refractivity contribution in [3.8, 4) is 22.4 Å². The molecule has 0 bridgehead atoms. The van der Waals surface area contributed by atoms with Crippen molar-refractivity contribution in [3.05, 3.63) is 70.2 Å². The monoisotopic (exact) mass is 374 g/mol. The van der Waals surface area contributed by atoms with Gasteiger partial charge in [0.25, 0.3) is 0 Å². The van der Waals surface area contributed by atoms with E-state index in [-0.39, 0.29) is 6.61 Å². The molecule has 26 heavy (non-hydrogen) atoms. The minimum atomic E-state index is -4.36. The number of hydrogen-bond acceptors (Lipinski definition) is 4. The van der Waals surface area contributed by atoms with Gasteiger partial charge in [-0.05, 0) is 31.2 Å². The van der Waals surface area contributed by atoms with Gasteiger partial charge in [-0.15, -0.1) is 11.3 Å². The Bertz CT molecular complexity index is 956. The Balaban J connectivity index is 1.78. The molecule has 0 saturated heterocycles. The number of alkyl halides is 3. The van der Waals surface area contributed by atoms with E-state index in [1.807, 2.05) is 6.92 Å². The van der Waals surface area contributed by atoms with E-state index < -0.39 is 11.7 Å². The highest BCUT2D eigenvalue weighted by Crippen LogP contribution is 2.33. The molecule has 1 heterocycles. The van der Waals surface area contributed by atoms with E-state index in [1.165, 1.54) is 23.5 Å². The van der Waals surface area contributed by atoms with Crippen molar-refractivity contribution in [2.75, 3.05) is 0 Å². The van der Waals surface area contributed by atoms with Crippen LogP contribution in [0, 0.1) is 18.3 Å². The van der Waals surface area contributed by atoms with Gasteiger partial charge >= 0.3 is 6.18 Å². The van der Waals surface area contributed by atoms with E-state index in [1.54, 1.807) is 24.3 Å². The van der Waals surface area contributed by atoms with E-state index >= 15 is 0 Å². The standard InChI is InChI=1S/C19H13F3N2OS/c1-12-17(11-25-16-5-3-2-4-14(16)10-23)26-18(24-12)13-6-8-15(9-7-13)19(20,21)22/h2-9H,11H2,1H3. The fourth-order valence-corrected chi connectivity index (χ4v) is 3.30. The normalized spacial score (nSPS) is 11.2. The molecule has 3 rings (SSSR count). The summed E-state index contributed by atoms with van der Waals surface area (Å²) in [6.07, 6.45) is -4.36. The maximum absolute atomic E-state index is 12.7. The van der Waals surface area contributed by atoms with E-state index in [0.29, 0.717) is 21.9 Å². The van der Waals surface area contributed by atoms with Gasteiger partial charge in [0.05, 0.1) is 21.7 Å². The first-order valence-electron chi connectivity index (χ1n) is 7.64. The van der Waals surface area contributed by atoms with Gasteiger partial charge in [-0.1, -0.05) is 24.3 Å². The van der Waals surface area contributed by atoms with Crippen LogP contribution in [0.1, 0.15) is 21.7 Å². The molecule has 132 valence electrons. The smallest absolute Gasteiger partial charge is 0.416 e. The second kappa shape index (κ2) is 7.18. The Kier molecular flexibility index (Phi) is 4.96. The number of para-hydroxylation sites is 1. The molecule has 0 radical (unpaired) electrons. The van der Waals surface area contributed by atoms with Crippen LogP contribution in [0.25, 0.3) is 10.6 Å². The van der Waals surface area contributed by atoms with Crippen LogP contribution < -0.4 is 4.74 Å². The first-order chi connectivity index (χ1) is 12.4. The fraction of sp³-hybridized carbons (Fsp3) is 0.158. The quantitative estimate of drug-likeness (QED) is 0.598. The van der Waals surface area contributed by atoms with Crippen LogP contribution in [0.2, 0.25) is 0 Å². The van der Waals surface area contributed by atoms with Crippen molar-refractivity contribution >= 4 is 11.3 Å². The number of aromatic nitrogens is 1. The predicted molar refractivity (Wildman–Crippen MR) is 92.8 cm³/mol. The Morgan fingerprint density at radius 1 is 1.12 bits per heavy atom. The topological polar surface area (TPSA) is 45.9 Å². The third-order valence-electron chi connectivity index (χ3n) is 3.72. The van der Waals surface area contributed by atoms with Gasteiger partial charge in [-0.3, -0.25) is 0 Å². The summed E-state index contributed by atoms with van der Waals surface area (Å²) in [6, 6.07) is 13.9. The largest absolute Gasteiger partial charge is 0.487 e. The number of ether oxygens (including phenoxy) is 1. The number of thiazole rings is 1. The number of aryl methyl sites for hydroxylation is 1.